The van der Waals surface area contributed by atoms with Gasteiger partial charge in [-0.1, -0.05) is 24.3 Å². The number of phosphoric acid groups is 1. The van der Waals surface area contributed by atoms with Gasteiger partial charge in [-0.15, -0.1) is 0 Å². The number of ether oxygens (including phenoxy) is 1. The topological polar surface area (TPSA) is 122 Å². The Morgan fingerprint density at radius 2 is 1.79 bits per heavy atom. The number of hydrogen-bond acceptors (Lipinski definition) is 5. The summed E-state index contributed by atoms with van der Waals surface area (Å²) in [7, 11) is -4.50. The Morgan fingerprint density at radius 3 is 2.43 bits per heavy atom. The fraction of sp³-hybridized carbons (Fsp3) is 0.400. The Bertz CT molecular complexity index is 820. The number of benzene rings is 2. The van der Waals surface area contributed by atoms with Crippen molar-refractivity contribution in [1.82, 2.24) is 0 Å². The molecule has 28 heavy (non-hydrogen) atoms. The van der Waals surface area contributed by atoms with Gasteiger partial charge >= 0.3 is 7.82 Å². The smallest absolute Gasteiger partial charge is 0.469 e. The highest BCUT2D eigenvalue weighted by molar-refractivity contribution is 7.46. The van der Waals surface area contributed by atoms with Crippen molar-refractivity contribution < 1.29 is 28.7 Å². The summed E-state index contributed by atoms with van der Waals surface area (Å²) in [4.78, 5) is 17.7. The molecule has 5 N–H and O–H groups in total. The normalized spacial score (nSPS) is 22.3. The van der Waals surface area contributed by atoms with E-state index < -0.39 is 13.4 Å². The molecule has 0 aliphatic heterocycles. The van der Waals surface area contributed by atoms with E-state index in [0.717, 1.165) is 29.7 Å². The molecule has 8 heteroatoms. The largest absolute Gasteiger partial charge is 0.508 e. The quantitative estimate of drug-likeness (QED) is 0.496. The van der Waals surface area contributed by atoms with Crippen molar-refractivity contribution in [2.45, 2.75) is 37.1 Å². The van der Waals surface area contributed by atoms with Crippen molar-refractivity contribution in [2.24, 2.45) is 5.73 Å². The second-order valence-electron chi connectivity index (χ2n) is 7.40. The van der Waals surface area contributed by atoms with Crippen molar-refractivity contribution in [3.05, 3.63) is 59.7 Å². The molecular formula is C20H26NO6P. The minimum atomic E-state index is -4.50. The molecule has 2 aromatic carbocycles. The third-order valence-electron chi connectivity index (χ3n) is 5.11. The summed E-state index contributed by atoms with van der Waals surface area (Å²) >= 11 is 0. The lowest BCUT2D eigenvalue weighted by Gasteiger charge is -2.24. The monoisotopic (exact) mass is 407 g/mol. The van der Waals surface area contributed by atoms with Crippen LogP contribution < -0.4 is 10.5 Å². The number of phenols is 1. The van der Waals surface area contributed by atoms with Gasteiger partial charge in [-0.2, -0.15) is 0 Å². The Morgan fingerprint density at radius 1 is 1.11 bits per heavy atom. The second-order valence-corrected chi connectivity index (χ2v) is 8.64. The van der Waals surface area contributed by atoms with E-state index in [1.165, 1.54) is 0 Å². The SMILES string of the molecule is N[C@]1(COP(=O)(O)O)CC[C@@H](c2ccc(OCCc3ccc(O)cc3)cc2)C1. The molecule has 3 rings (SSSR count). The average molecular weight is 407 g/mol. The number of rotatable bonds is 8. The first kappa shape index (κ1) is 20.8. The molecule has 0 bridgehead atoms. The molecule has 1 fully saturated rings. The molecule has 0 spiro atoms. The van der Waals surface area contributed by atoms with Gasteiger partial charge in [-0.05, 0) is 60.6 Å². The minimum absolute atomic E-state index is 0.147. The van der Waals surface area contributed by atoms with E-state index in [2.05, 4.69) is 4.52 Å². The Kier molecular flexibility index (Phi) is 6.43. The standard InChI is InChI=1S/C20H26NO6P/c21-20(14-27-28(23,24)25)11-9-17(13-20)16-3-7-19(8-4-16)26-12-10-15-1-5-18(22)6-2-15/h1-8,17,22H,9-14,21H2,(H2,23,24,25)/t17-,20-/m1/s1. The number of phosphoric ester groups is 1. The minimum Gasteiger partial charge on any atom is -0.508 e. The number of aromatic hydroxyl groups is 1. The van der Waals surface area contributed by atoms with Crippen LogP contribution in [-0.4, -0.2) is 33.6 Å². The van der Waals surface area contributed by atoms with Gasteiger partial charge in [-0.3, -0.25) is 4.52 Å². The maximum absolute atomic E-state index is 10.9. The van der Waals surface area contributed by atoms with Crippen LogP contribution in [0, 0.1) is 0 Å². The van der Waals surface area contributed by atoms with Gasteiger partial charge in [-0.25, -0.2) is 4.57 Å². The summed E-state index contributed by atoms with van der Waals surface area (Å²) < 4.78 is 21.3. The molecule has 7 nitrogen and oxygen atoms in total. The number of nitrogens with two attached hydrogens (primary N) is 1. The fourth-order valence-electron chi connectivity index (χ4n) is 3.57. The zero-order chi connectivity index (χ0) is 20.2. The molecule has 0 amide bonds. The fourth-order valence-corrected chi connectivity index (χ4v) is 4.00. The molecule has 152 valence electrons. The average Bonchev–Trinajstić information content (AvgIpc) is 3.05. The van der Waals surface area contributed by atoms with Gasteiger partial charge < -0.3 is 25.4 Å². The van der Waals surface area contributed by atoms with Crippen LogP contribution in [0.15, 0.2) is 48.5 Å². The molecule has 1 saturated carbocycles. The van der Waals surface area contributed by atoms with Crippen LogP contribution in [0.5, 0.6) is 11.5 Å². The van der Waals surface area contributed by atoms with Gasteiger partial charge in [0, 0.05) is 12.0 Å². The molecule has 0 saturated heterocycles. The lowest BCUT2D eigenvalue weighted by Crippen LogP contribution is -2.41. The predicted molar refractivity (Wildman–Crippen MR) is 105 cm³/mol. The van der Waals surface area contributed by atoms with E-state index in [4.69, 9.17) is 20.3 Å². The Labute approximate surface area is 164 Å². The van der Waals surface area contributed by atoms with Gasteiger partial charge in [0.15, 0.2) is 0 Å². The maximum Gasteiger partial charge on any atom is 0.469 e. The molecule has 2 atom stereocenters. The molecule has 0 radical (unpaired) electrons. The molecule has 1 aliphatic rings. The van der Waals surface area contributed by atoms with Crippen molar-refractivity contribution >= 4 is 7.82 Å². The van der Waals surface area contributed by atoms with E-state index in [0.29, 0.717) is 19.4 Å². The number of hydrogen-bond donors (Lipinski definition) is 4. The van der Waals surface area contributed by atoms with Gasteiger partial charge in [0.2, 0.25) is 0 Å². The summed E-state index contributed by atoms with van der Waals surface area (Å²) in [5, 5.41) is 9.29. The van der Waals surface area contributed by atoms with E-state index in [9.17, 15) is 9.67 Å². The summed E-state index contributed by atoms with van der Waals surface area (Å²) in [5.41, 5.74) is 7.76. The highest BCUT2D eigenvalue weighted by atomic mass is 31.2. The summed E-state index contributed by atoms with van der Waals surface area (Å²) in [6.07, 6.45) is 2.87. The predicted octanol–water partition coefficient (Wildman–Crippen LogP) is 3.09. The van der Waals surface area contributed by atoms with Crippen LogP contribution in [0.1, 0.15) is 36.3 Å². The molecule has 0 heterocycles. The van der Waals surface area contributed by atoms with Crippen molar-refractivity contribution in [3.8, 4) is 11.5 Å². The van der Waals surface area contributed by atoms with E-state index in [-0.39, 0.29) is 18.3 Å². The second kappa shape index (κ2) is 8.64. The Balaban J connectivity index is 1.49. The van der Waals surface area contributed by atoms with Gasteiger partial charge in [0.25, 0.3) is 0 Å². The van der Waals surface area contributed by atoms with Crippen LogP contribution in [0.3, 0.4) is 0 Å². The van der Waals surface area contributed by atoms with Crippen LogP contribution in [-0.2, 0) is 15.5 Å². The lowest BCUT2D eigenvalue weighted by atomic mass is 9.94. The summed E-state index contributed by atoms with van der Waals surface area (Å²) in [5.74, 6) is 1.27. The first-order valence-electron chi connectivity index (χ1n) is 9.22. The lowest BCUT2D eigenvalue weighted by molar-refractivity contribution is 0.153. The van der Waals surface area contributed by atoms with Crippen molar-refractivity contribution in [1.29, 1.82) is 0 Å². The van der Waals surface area contributed by atoms with Crippen molar-refractivity contribution in [2.75, 3.05) is 13.2 Å². The molecule has 1 aliphatic carbocycles. The van der Waals surface area contributed by atoms with E-state index in [1.807, 2.05) is 36.4 Å². The van der Waals surface area contributed by atoms with E-state index >= 15 is 0 Å². The maximum atomic E-state index is 10.9. The summed E-state index contributed by atoms with van der Waals surface area (Å²) in [6, 6.07) is 14.9. The molecule has 2 aromatic rings. The zero-order valence-corrected chi connectivity index (χ0v) is 16.4. The van der Waals surface area contributed by atoms with Gasteiger partial charge in [0.05, 0.1) is 13.2 Å². The molecular weight excluding hydrogens is 381 g/mol. The molecule has 0 unspecified atom stereocenters. The van der Waals surface area contributed by atoms with Crippen LogP contribution in [0.2, 0.25) is 0 Å². The van der Waals surface area contributed by atoms with Crippen LogP contribution in [0.25, 0.3) is 0 Å². The third-order valence-corrected chi connectivity index (χ3v) is 5.58. The van der Waals surface area contributed by atoms with Gasteiger partial charge in [0.1, 0.15) is 11.5 Å². The zero-order valence-electron chi connectivity index (χ0n) is 15.5. The highest BCUT2D eigenvalue weighted by Crippen LogP contribution is 2.43. The third kappa shape index (κ3) is 6.06. The summed E-state index contributed by atoms with van der Waals surface area (Å²) in [6.45, 7) is 0.394. The molecule has 0 aromatic heterocycles. The van der Waals surface area contributed by atoms with E-state index in [1.54, 1.807) is 12.1 Å². The first-order chi connectivity index (χ1) is 13.2. The Hall–Kier alpha value is -1.89. The number of phenolic OH excluding ortho intramolecular Hbond substituents is 1. The van der Waals surface area contributed by atoms with Crippen molar-refractivity contribution in [3.63, 3.8) is 0 Å². The first-order valence-corrected chi connectivity index (χ1v) is 10.8. The highest BCUT2D eigenvalue weighted by Gasteiger charge is 2.38. The van der Waals surface area contributed by atoms with Crippen LogP contribution in [0.4, 0.5) is 0 Å². The van der Waals surface area contributed by atoms with Crippen LogP contribution >= 0.6 is 7.82 Å².